The van der Waals surface area contributed by atoms with Crippen molar-refractivity contribution in [1.82, 2.24) is 0 Å². The quantitative estimate of drug-likeness (QED) is 0.708. The fraction of sp³-hybridized carbons (Fsp3) is 0.500. The van der Waals surface area contributed by atoms with Crippen LogP contribution in [-0.4, -0.2) is 36.6 Å². The van der Waals surface area contributed by atoms with E-state index >= 15 is 0 Å². The van der Waals surface area contributed by atoms with E-state index < -0.39 is 0 Å². The van der Waals surface area contributed by atoms with Crippen LogP contribution in [-0.2, 0) is 9.47 Å². The van der Waals surface area contributed by atoms with Gasteiger partial charge in [0.25, 0.3) is 0 Å². The molecule has 0 aliphatic heterocycles. The first-order valence-electron chi connectivity index (χ1n) is 7.25. The normalized spacial score (nSPS) is 18.3. The summed E-state index contributed by atoms with van der Waals surface area (Å²) in [6.45, 7) is 2.33. The number of hydrogen-bond acceptors (Lipinski definition) is 4. The second-order valence-electron chi connectivity index (χ2n) is 5.06. The molecule has 0 bridgehead atoms. The van der Waals surface area contributed by atoms with Gasteiger partial charge in [-0.25, -0.2) is 0 Å². The van der Waals surface area contributed by atoms with Crippen LogP contribution in [0.1, 0.15) is 19.8 Å². The summed E-state index contributed by atoms with van der Waals surface area (Å²) in [6.07, 6.45) is 5.30. The van der Waals surface area contributed by atoms with Crippen LogP contribution in [0.5, 0.6) is 0 Å². The van der Waals surface area contributed by atoms with Crippen LogP contribution in [0.3, 0.4) is 0 Å². The highest BCUT2D eigenvalue weighted by atomic mass is 35.5. The van der Waals surface area contributed by atoms with Crippen molar-refractivity contribution in [2.45, 2.75) is 19.8 Å². The lowest BCUT2D eigenvalue weighted by atomic mass is 9.92. The summed E-state index contributed by atoms with van der Waals surface area (Å²) in [5.41, 5.74) is 1.95. The topological polar surface area (TPSA) is 58.9 Å². The van der Waals surface area contributed by atoms with Gasteiger partial charge >= 0.3 is 0 Å². The largest absolute Gasteiger partial charge is 0.490 e. The van der Waals surface area contributed by atoms with Crippen LogP contribution in [0.2, 0.25) is 0 Å². The minimum atomic E-state index is -0.0609. The number of aliphatic hydroxyl groups excluding tert-OH is 2. The van der Waals surface area contributed by atoms with Gasteiger partial charge in [-0.2, -0.15) is 0 Å². The molecule has 0 fully saturated rings. The molecule has 0 saturated carbocycles. The average molecular weight is 347 g/mol. The van der Waals surface area contributed by atoms with Gasteiger partial charge in [0.15, 0.2) is 0 Å². The van der Waals surface area contributed by atoms with Crippen LogP contribution in [0, 0.1) is 5.92 Å². The van der Waals surface area contributed by atoms with Crippen molar-refractivity contribution in [3.05, 3.63) is 44.9 Å². The molecular weight excluding hydrogens is 327 g/mol. The lowest BCUT2D eigenvalue weighted by Gasteiger charge is -2.21. The Balaban J connectivity index is 2.16. The predicted molar refractivity (Wildman–Crippen MR) is 86.4 cm³/mol. The molecule has 2 aliphatic carbocycles. The summed E-state index contributed by atoms with van der Waals surface area (Å²) in [5, 5.41) is 19.1. The Labute approximate surface area is 140 Å². The van der Waals surface area contributed by atoms with E-state index in [9.17, 15) is 0 Å². The van der Waals surface area contributed by atoms with Gasteiger partial charge < -0.3 is 19.7 Å². The number of ether oxygens (including phenoxy) is 2. The molecule has 0 aromatic carbocycles. The third kappa shape index (κ3) is 3.69. The van der Waals surface area contributed by atoms with Gasteiger partial charge in [-0.05, 0) is 11.1 Å². The van der Waals surface area contributed by atoms with Gasteiger partial charge in [0.1, 0.15) is 24.7 Å². The van der Waals surface area contributed by atoms with E-state index in [2.05, 4.69) is 0 Å². The molecule has 0 amide bonds. The molecule has 0 aromatic heterocycles. The molecule has 2 rings (SSSR count). The maximum absolute atomic E-state index is 8.93. The van der Waals surface area contributed by atoms with Gasteiger partial charge in [0, 0.05) is 18.8 Å². The summed E-state index contributed by atoms with van der Waals surface area (Å²) in [4.78, 5) is 0. The van der Waals surface area contributed by atoms with Crippen molar-refractivity contribution >= 4 is 23.2 Å². The molecule has 0 aromatic rings. The Morgan fingerprint density at radius 1 is 0.955 bits per heavy atom. The standard InChI is InChI=1S/C16H20Cl2O4/c1-10(11-2-4-13(17)15(11)21-8-6-19)12-3-5-14(18)16(12)22-9-7-20/h2-3,10,19-20H,4-9H2,1H3. The van der Waals surface area contributed by atoms with Crippen LogP contribution < -0.4 is 0 Å². The fourth-order valence-electron chi connectivity index (χ4n) is 2.62. The summed E-state index contributed by atoms with van der Waals surface area (Å²) < 4.78 is 11.1. The lowest BCUT2D eigenvalue weighted by Crippen LogP contribution is -2.11. The highest BCUT2D eigenvalue weighted by Crippen LogP contribution is 2.42. The molecule has 0 atom stereocenters. The van der Waals surface area contributed by atoms with Crippen LogP contribution in [0.15, 0.2) is 44.9 Å². The Hall–Kier alpha value is -0.940. The number of halogens is 2. The van der Waals surface area contributed by atoms with Crippen LogP contribution in [0.25, 0.3) is 0 Å². The summed E-state index contributed by atoms with van der Waals surface area (Å²) in [6, 6.07) is 0. The second-order valence-corrected chi connectivity index (χ2v) is 5.97. The molecule has 6 heteroatoms. The summed E-state index contributed by atoms with van der Waals surface area (Å²) in [7, 11) is 0. The van der Waals surface area contributed by atoms with Crippen molar-refractivity contribution in [2.24, 2.45) is 5.92 Å². The van der Waals surface area contributed by atoms with Gasteiger partial charge in [-0.15, -0.1) is 0 Å². The van der Waals surface area contributed by atoms with E-state index in [1.165, 1.54) is 0 Å². The first kappa shape index (κ1) is 17.4. The fourth-order valence-corrected chi connectivity index (χ4v) is 3.10. The predicted octanol–water partition coefficient (Wildman–Crippen LogP) is 3.20. The third-order valence-electron chi connectivity index (χ3n) is 3.63. The second kappa shape index (κ2) is 8.06. The molecule has 0 unspecified atom stereocenters. The number of allylic oxidation sites excluding steroid dienone is 6. The lowest BCUT2D eigenvalue weighted by molar-refractivity contribution is 0.144. The van der Waals surface area contributed by atoms with E-state index in [0.717, 1.165) is 11.1 Å². The Morgan fingerprint density at radius 2 is 1.36 bits per heavy atom. The first-order chi connectivity index (χ1) is 10.6. The Kier molecular flexibility index (Phi) is 6.38. The van der Waals surface area contributed by atoms with E-state index in [1.54, 1.807) is 0 Å². The number of rotatable bonds is 8. The molecule has 2 aliphatic rings. The van der Waals surface area contributed by atoms with Gasteiger partial charge in [0.2, 0.25) is 0 Å². The summed E-state index contributed by atoms with van der Waals surface area (Å²) >= 11 is 12.4. The maximum atomic E-state index is 8.93. The molecule has 0 saturated heterocycles. The average Bonchev–Trinajstić information content (AvgIpc) is 3.06. The minimum absolute atomic E-state index is 0.00915. The minimum Gasteiger partial charge on any atom is -0.490 e. The third-order valence-corrected chi connectivity index (χ3v) is 4.28. The molecule has 0 spiro atoms. The monoisotopic (exact) mass is 346 g/mol. The van der Waals surface area contributed by atoms with E-state index in [0.29, 0.717) is 34.4 Å². The van der Waals surface area contributed by atoms with Crippen LogP contribution >= 0.6 is 23.2 Å². The van der Waals surface area contributed by atoms with E-state index in [-0.39, 0.29) is 32.3 Å². The van der Waals surface area contributed by atoms with Gasteiger partial charge in [0.05, 0.1) is 23.3 Å². The van der Waals surface area contributed by atoms with Crippen molar-refractivity contribution in [3.63, 3.8) is 0 Å². The number of hydrogen-bond donors (Lipinski definition) is 2. The van der Waals surface area contributed by atoms with Crippen molar-refractivity contribution < 1.29 is 19.7 Å². The smallest absolute Gasteiger partial charge is 0.137 e. The highest BCUT2D eigenvalue weighted by molar-refractivity contribution is 6.31. The molecule has 0 radical (unpaired) electrons. The molecule has 22 heavy (non-hydrogen) atoms. The van der Waals surface area contributed by atoms with E-state index in [4.69, 9.17) is 42.9 Å². The van der Waals surface area contributed by atoms with E-state index in [1.807, 2.05) is 19.1 Å². The SMILES string of the molecule is CC(C1=CCC(Cl)=C1OCCO)C1=CCC(Cl)=C1OCCO. The Morgan fingerprint density at radius 3 is 1.73 bits per heavy atom. The summed E-state index contributed by atoms with van der Waals surface area (Å²) in [5.74, 6) is 1.28. The van der Waals surface area contributed by atoms with Crippen molar-refractivity contribution in [2.75, 3.05) is 26.4 Å². The van der Waals surface area contributed by atoms with Crippen molar-refractivity contribution in [1.29, 1.82) is 0 Å². The van der Waals surface area contributed by atoms with Crippen molar-refractivity contribution in [3.8, 4) is 0 Å². The molecule has 4 nitrogen and oxygen atoms in total. The highest BCUT2D eigenvalue weighted by Gasteiger charge is 2.30. The molecule has 0 heterocycles. The van der Waals surface area contributed by atoms with Gasteiger partial charge in [-0.1, -0.05) is 42.3 Å². The molecular formula is C16H20Cl2O4. The van der Waals surface area contributed by atoms with Gasteiger partial charge in [-0.3, -0.25) is 0 Å². The zero-order valence-corrected chi connectivity index (χ0v) is 14.0. The van der Waals surface area contributed by atoms with Crippen LogP contribution in [0.4, 0.5) is 0 Å². The molecule has 2 N–H and O–H groups in total. The Bertz CT molecular complexity index is 498. The maximum Gasteiger partial charge on any atom is 0.137 e. The zero-order chi connectivity index (χ0) is 16.1. The number of aliphatic hydroxyl groups is 2. The zero-order valence-electron chi connectivity index (χ0n) is 12.4. The first-order valence-corrected chi connectivity index (χ1v) is 8.01. The molecule has 122 valence electrons.